The molecule has 4 aromatic rings. The number of carboxylic acids is 1. The third-order valence-corrected chi connectivity index (χ3v) is 3.85. The van der Waals surface area contributed by atoms with Gasteiger partial charge in [-0.05, 0) is 47.5 Å². The summed E-state index contributed by atoms with van der Waals surface area (Å²) in [5.74, 6) is -1.45. The normalized spacial score (nSPS) is 10.9. The lowest BCUT2D eigenvalue weighted by molar-refractivity contribution is 0.0692. The second kappa shape index (κ2) is 5.79. The van der Waals surface area contributed by atoms with Gasteiger partial charge >= 0.3 is 5.97 Å². The van der Waals surface area contributed by atoms with Gasteiger partial charge in [-0.15, -0.1) is 10.2 Å². The van der Waals surface area contributed by atoms with Gasteiger partial charge in [-0.25, -0.2) is 9.18 Å². The highest BCUT2D eigenvalue weighted by molar-refractivity contribution is 5.88. The maximum absolute atomic E-state index is 14.0. The molecule has 122 valence electrons. The average Bonchev–Trinajstić information content (AvgIpc) is 3.05. The van der Waals surface area contributed by atoms with Gasteiger partial charge in [0.15, 0.2) is 11.5 Å². The molecule has 0 saturated carbocycles. The molecule has 0 bridgehead atoms. The van der Waals surface area contributed by atoms with Crippen LogP contribution in [0.4, 0.5) is 4.39 Å². The van der Waals surface area contributed by atoms with E-state index < -0.39 is 11.8 Å². The molecule has 0 amide bonds. The van der Waals surface area contributed by atoms with Crippen LogP contribution in [-0.4, -0.2) is 30.7 Å². The minimum Gasteiger partial charge on any atom is -0.478 e. The van der Waals surface area contributed by atoms with Crippen LogP contribution in [0.25, 0.3) is 28.2 Å². The fourth-order valence-electron chi connectivity index (χ4n) is 2.62. The molecule has 6 nitrogen and oxygen atoms in total. The van der Waals surface area contributed by atoms with Crippen LogP contribution in [0.1, 0.15) is 10.4 Å². The van der Waals surface area contributed by atoms with Crippen LogP contribution in [0.3, 0.4) is 0 Å². The van der Waals surface area contributed by atoms with Crippen LogP contribution < -0.4 is 0 Å². The number of fused-ring (bicyclic) bond motifs is 1. The van der Waals surface area contributed by atoms with Crippen molar-refractivity contribution in [1.82, 2.24) is 19.6 Å². The quantitative estimate of drug-likeness (QED) is 0.622. The van der Waals surface area contributed by atoms with Gasteiger partial charge < -0.3 is 5.11 Å². The van der Waals surface area contributed by atoms with Gasteiger partial charge in [0.2, 0.25) is 0 Å². The van der Waals surface area contributed by atoms with Gasteiger partial charge in [-0.2, -0.15) is 0 Å². The summed E-state index contributed by atoms with van der Waals surface area (Å²) in [4.78, 5) is 15.0. The minimum absolute atomic E-state index is 0.356. The first-order valence-electron chi connectivity index (χ1n) is 7.42. The second-order valence-corrected chi connectivity index (χ2v) is 5.41. The maximum Gasteiger partial charge on any atom is 0.338 e. The van der Waals surface area contributed by atoms with E-state index in [0.29, 0.717) is 22.6 Å². The SMILES string of the molecule is O=C(O)c1ccc(-c2ccc3nnc(-c4cccnc4)n3c2)cc1F. The molecule has 0 fully saturated rings. The molecule has 1 N–H and O–H groups in total. The Morgan fingerprint density at radius 3 is 2.60 bits per heavy atom. The number of rotatable bonds is 3. The fourth-order valence-corrected chi connectivity index (χ4v) is 2.62. The Morgan fingerprint density at radius 1 is 1.04 bits per heavy atom. The zero-order valence-corrected chi connectivity index (χ0v) is 12.8. The number of nitrogens with zero attached hydrogens (tertiary/aromatic N) is 4. The first-order chi connectivity index (χ1) is 12.1. The van der Waals surface area contributed by atoms with Crippen molar-refractivity contribution in [3.63, 3.8) is 0 Å². The van der Waals surface area contributed by atoms with Crippen molar-refractivity contribution in [3.8, 4) is 22.5 Å². The zero-order valence-electron chi connectivity index (χ0n) is 12.8. The Hall–Kier alpha value is -3.61. The first kappa shape index (κ1) is 14.9. The van der Waals surface area contributed by atoms with Gasteiger partial charge in [0.05, 0.1) is 5.56 Å². The van der Waals surface area contributed by atoms with Crippen molar-refractivity contribution < 1.29 is 14.3 Å². The van der Waals surface area contributed by atoms with E-state index in [1.807, 2.05) is 6.07 Å². The molecule has 0 spiro atoms. The summed E-state index contributed by atoms with van der Waals surface area (Å²) < 4.78 is 15.8. The minimum atomic E-state index is -1.29. The van der Waals surface area contributed by atoms with Crippen molar-refractivity contribution in [2.75, 3.05) is 0 Å². The number of aromatic nitrogens is 4. The second-order valence-electron chi connectivity index (χ2n) is 5.41. The van der Waals surface area contributed by atoms with Gasteiger partial charge in [0, 0.05) is 24.2 Å². The lowest BCUT2D eigenvalue weighted by Gasteiger charge is -2.06. The van der Waals surface area contributed by atoms with Crippen molar-refractivity contribution in [3.05, 3.63) is 72.4 Å². The van der Waals surface area contributed by atoms with Crippen molar-refractivity contribution in [2.24, 2.45) is 0 Å². The van der Waals surface area contributed by atoms with E-state index in [0.717, 1.165) is 5.56 Å². The standard InChI is InChI=1S/C18H11FN4O2/c19-15-8-11(3-5-14(15)18(24)25)13-4-6-16-21-22-17(23(16)10-13)12-2-1-7-20-9-12/h1-10H,(H,24,25). The number of halogens is 1. The summed E-state index contributed by atoms with van der Waals surface area (Å²) in [6.07, 6.45) is 5.14. The molecule has 0 aliphatic carbocycles. The molecule has 3 aromatic heterocycles. The molecule has 0 saturated heterocycles. The highest BCUT2D eigenvalue weighted by Crippen LogP contribution is 2.25. The van der Waals surface area contributed by atoms with Crippen LogP contribution >= 0.6 is 0 Å². The van der Waals surface area contributed by atoms with Crippen molar-refractivity contribution >= 4 is 11.6 Å². The number of carboxylic acid groups (broad SMARTS) is 1. The maximum atomic E-state index is 14.0. The van der Waals surface area contributed by atoms with E-state index >= 15 is 0 Å². The third-order valence-electron chi connectivity index (χ3n) is 3.85. The number of benzene rings is 1. The molecular weight excluding hydrogens is 323 g/mol. The van der Waals surface area contributed by atoms with Crippen molar-refractivity contribution in [2.45, 2.75) is 0 Å². The summed E-state index contributed by atoms with van der Waals surface area (Å²) in [6.45, 7) is 0. The zero-order chi connectivity index (χ0) is 17.4. The molecule has 0 aliphatic heterocycles. The van der Waals surface area contributed by atoms with E-state index in [9.17, 15) is 9.18 Å². The largest absolute Gasteiger partial charge is 0.478 e. The average molecular weight is 334 g/mol. The van der Waals surface area contributed by atoms with Gasteiger partial charge in [0.1, 0.15) is 5.82 Å². The predicted octanol–water partition coefficient (Wildman–Crippen LogP) is 3.30. The molecule has 0 atom stereocenters. The summed E-state index contributed by atoms with van der Waals surface area (Å²) in [5.41, 5.74) is 2.37. The highest BCUT2D eigenvalue weighted by atomic mass is 19.1. The van der Waals surface area contributed by atoms with E-state index in [-0.39, 0.29) is 5.56 Å². The Balaban J connectivity index is 1.84. The summed E-state index contributed by atoms with van der Waals surface area (Å²) in [7, 11) is 0. The Morgan fingerprint density at radius 2 is 1.88 bits per heavy atom. The molecule has 7 heteroatoms. The summed E-state index contributed by atoms with van der Waals surface area (Å²) >= 11 is 0. The molecule has 0 radical (unpaired) electrons. The molecular formula is C18H11FN4O2. The fraction of sp³-hybridized carbons (Fsp3) is 0. The van der Waals surface area contributed by atoms with Crippen LogP contribution in [0.2, 0.25) is 0 Å². The van der Waals surface area contributed by atoms with Crippen LogP contribution in [0, 0.1) is 5.82 Å². The number of pyridine rings is 2. The molecule has 3 heterocycles. The van der Waals surface area contributed by atoms with Gasteiger partial charge in [0.25, 0.3) is 0 Å². The Kier molecular flexibility index (Phi) is 3.46. The molecule has 1 aromatic carbocycles. The lowest BCUT2D eigenvalue weighted by Crippen LogP contribution is -2.00. The van der Waals surface area contributed by atoms with E-state index in [2.05, 4.69) is 15.2 Å². The third kappa shape index (κ3) is 2.61. The monoisotopic (exact) mass is 334 g/mol. The Labute approximate surface area is 141 Å². The van der Waals surface area contributed by atoms with Gasteiger partial charge in [-0.3, -0.25) is 9.38 Å². The van der Waals surface area contributed by atoms with Gasteiger partial charge in [-0.1, -0.05) is 6.07 Å². The number of hydrogen-bond donors (Lipinski definition) is 1. The van der Waals surface area contributed by atoms with Crippen LogP contribution in [0.15, 0.2) is 61.1 Å². The van der Waals surface area contributed by atoms with E-state index in [1.165, 1.54) is 12.1 Å². The van der Waals surface area contributed by atoms with Crippen molar-refractivity contribution in [1.29, 1.82) is 0 Å². The Bertz CT molecular complexity index is 1090. The van der Waals surface area contributed by atoms with Crippen LogP contribution in [-0.2, 0) is 0 Å². The first-order valence-corrected chi connectivity index (χ1v) is 7.42. The van der Waals surface area contributed by atoms with E-state index in [1.54, 1.807) is 47.3 Å². The number of aromatic carboxylic acids is 1. The molecule has 0 unspecified atom stereocenters. The van der Waals surface area contributed by atoms with E-state index in [4.69, 9.17) is 5.11 Å². The van der Waals surface area contributed by atoms with Crippen LogP contribution in [0.5, 0.6) is 0 Å². The number of hydrogen-bond acceptors (Lipinski definition) is 4. The topological polar surface area (TPSA) is 80.4 Å². The number of carbonyl (C=O) groups is 1. The molecule has 0 aliphatic rings. The smallest absolute Gasteiger partial charge is 0.338 e. The highest BCUT2D eigenvalue weighted by Gasteiger charge is 2.13. The summed E-state index contributed by atoms with van der Waals surface area (Å²) in [5, 5.41) is 17.2. The predicted molar refractivity (Wildman–Crippen MR) is 88.6 cm³/mol. The molecule has 25 heavy (non-hydrogen) atoms. The lowest BCUT2D eigenvalue weighted by atomic mass is 10.0. The summed E-state index contributed by atoms with van der Waals surface area (Å²) in [6, 6.07) is 11.3. The molecule has 4 rings (SSSR count).